The first kappa shape index (κ1) is 25.7. The molecule has 7 nitrogen and oxygen atoms in total. The van der Waals surface area contributed by atoms with Gasteiger partial charge in [0.15, 0.2) is 0 Å². The summed E-state index contributed by atoms with van der Waals surface area (Å²) in [6.45, 7) is 6.98. The third-order valence-corrected chi connectivity index (χ3v) is 6.22. The van der Waals surface area contributed by atoms with Crippen molar-refractivity contribution in [3.8, 4) is 0 Å². The number of anilines is 1. The molecule has 0 aromatic heterocycles. The summed E-state index contributed by atoms with van der Waals surface area (Å²) in [6, 6.07) is 12.9. The number of aryl methyl sites for hydroxylation is 1. The van der Waals surface area contributed by atoms with Gasteiger partial charge in [0, 0.05) is 17.6 Å². The van der Waals surface area contributed by atoms with Crippen LogP contribution in [0.25, 0.3) is 0 Å². The molecule has 0 fully saturated rings. The molecule has 2 aromatic rings. The van der Waals surface area contributed by atoms with E-state index >= 15 is 0 Å². The van der Waals surface area contributed by atoms with Gasteiger partial charge in [-0.15, -0.1) is 0 Å². The number of carbonyl (C=O) groups is 2. The van der Waals surface area contributed by atoms with Crippen LogP contribution in [-0.4, -0.2) is 50.0 Å². The van der Waals surface area contributed by atoms with Crippen LogP contribution in [0.2, 0.25) is 5.02 Å². The average molecular weight is 480 g/mol. The van der Waals surface area contributed by atoms with Gasteiger partial charge in [-0.25, -0.2) is 8.42 Å². The summed E-state index contributed by atoms with van der Waals surface area (Å²) < 4.78 is 26.0. The molecule has 0 spiro atoms. The minimum absolute atomic E-state index is 0.0949. The maximum atomic E-state index is 13.4. The predicted molar refractivity (Wildman–Crippen MR) is 128 cm³/mol. The van der Waals surface area contributed by atoms with Gasteiger partial charge in [-0.1, -0.05) is 41.4 Å². The van der Waals surface area contributed by atoms with Crippen molar-refractivity contribution < 1.29 is 18.0 Å². The quantitative estimate of drug-likeness (QED) is 0.597. The number of nitrogens with one attached hydrogen (secondary N) is 1. The van der Waals surface area contributed by atoms with Crippen LogP contribution in [0.1, 0.15) is 31.9 Å². The van der Waals surface area contributed by atoms with Crippen LogP contribution in [0.5, 0.6) is 0 Å². The SMILES string of the molecule is Cc1cccc(CN(C(=O)CN(c2ccc(Cl)cc2)S(C)(=O)=O)[C@@H](C)C(=O)NC(C)C)c1. The monoisotopic (exact) mass is 479 g/mol. The van der Waals surface area contributed by atoms with Crippen molar-refractivity contribution in [2.75, 3.05) is 17.1 Å². The van der Waals surface area contributed by atoms with Crippen molar-refractivity contribution in [1.29, 1.82) is 0 Å². The van der Waals surface area contributed by atoms with Gasteiger partial charge in [-0.3, -0.25) is 13.9 Å². The number of hydrogen-bond acceptors (Lipinski definition) is 4. The van der Waals surface area contributed by atoms with E-state index in [9.17, 15) is 18.0 Å². The summed E-state index contributed by atoms with van der Waals surface area (Å²) in [5.41, 5.74) is 2.19. The molecule has 9 heteroatoms. The maximum Gasteiger partial charge on any atom is 0.244 e. The molecular weight excluding hydrogens is 450 g/mol. The molecular formula is C23H30ClN3O4S. The molecule has 32 heavy (non-hydrogen) atoms. The number of benzene rings is 2. The number of rotatable bonds is 9. The molecule has 2 rings (SSSR count). The molecule has 2 aromatic carbocycles. The minimum Gasteiger partial charge on any atom is -0.352 e. The fourth-order valence-electron chi connectivity index (χ4n) is 3.22. The van der Waals surface area contributed by atoms with Crippen LogP contribution in [-0.2, 0) is 26.2 Å². The Labute approximate surface area is 195 Å². The van der Waals surface area contributed by atoms with E-state index < -0.39 is 28.5 Å². The molecule has 0 bridgehead atoms. The Balaban J connectivity index is 2.38. The maximum absolute atomic E-state index is 13.4. The van der Waals surface area contributed by atoms with E-state index in [4.69, 9.17) is 11.6 Å². The van der Waals surface area contributed by atoms with Gasteiger partial charge in [0.05, 0.1) is 11.9 Å². The van der Waals surface area contributed by atoms with Gasteiger partial charge in [-0.2, -0.15) is 0 Å². The second kappa shape index (κ2) is 10.8. The number of amides is 2. The lowest BCUT2D eigenvalue weighted by molar-refractivity contribution is -0.139. The Morgan fingerprint density at radius 3 is 2.22 bits per heavy atom. The van der Waals surface area contributed by atoms with Crippen LogP contribution >= 0.6 is 11.6 Å². The largest absolute Gasteiger partial charge is 0.352 e. The summed E-state index contributed by atoms with van der Waals surface area (Å²) >= 11 is 5.92. The Bertz CT molecular complexity index is 1060. The van der Waals surface area contributed by atoms with E-state index in [0.717, 1.165) is 21.7 Å². The van der Waals surface area contributed by atoms with Crippen molar-refractivity contribution in [1.82, 2.24) is 10.2 Å². The number of halogens is 1. The number of nitrogens with zero attached hydrogens (tertiary/aromatic N) is 2. The molecule has 0 aliphatic heterocycles. The van der Waals surface area contributed by atoms with E-state index in [1.165, 1.54) is 17.0 Å². The first-order valence-corrected chi connectivity index (χ1v) is 12.5. The summed E-state index contributed by atoms with van der Waals surface area (Å²) in [7, 11) is -3.76. The molecule has 0 saturated heterocycles. The van der Waals surface area contributed by atoms with Crippen molar-refractivity contribution in [3.63, 3.8) is 0 Å². The third kappa shape index (κ3) is 7.24. The number of sulfonamides is 1. The normalized spacial score (nSPS) is 12.3. The molecule has 0 aliphatic rings. The van der Waals surface area contributed by atoms with E-state index in [0.29, 0.717) is 10.7 Å². The lowest BCUT2D eigenvalue weighted by atomic mass is 10.1. The van der Waals surface area contributed by atoms with Crippen molar-refractivity contribution in [3.05, 3.63) is 64.7 Å². The zero-order chi connectivity index (χ0) is 24.1. The van der Waals surface area contributed by atoms with Gasteiger partial charge in [0.1, 0.15) is 12.6 Å². The topological polar surface area (TPSA) is 86.8 Å². The molecule has 1 atom stereocenters. The highest BCUT2D eigenvalue weighted by Crippen LogP contribution is 2.21. The van der Waals surface area contributed by atoms with Gasteiger partial charge < -0.3 is 10.2 Å². The fraction of sp³-hybridized carbons (Fsp3) is 0.391. The zero-order valence-electron chi connectivity index (χ0n) is 19.0. The summed E-state index contributed by atoms with van der Waals surface area (Å²) in [4.78, 5) is 27.5. The predicted octanol–water partition coefficient (Wildman–Crippen LogP) is 3.36. The Kier molecular flexibility index (Phi) is 8.69. The second-order valence-corrected chi connectivity index (χ2v) is 10.4. The van der Waals surface area contributed by atoms with Gasteiger partial charge in [0.2, 0.25) is 21.8 Å². The van der Waals surface area contributed by atoms with Gasteiger partial charge in [0.25, 0.3) is 0 Å². The fourth-order valence-corrected chi connectivity index (χ4v) is 4.19. The first-order chi connectivity index (χ1) is 14.9. The third-order valence-electron chi connectivity index (χ3n) is 4.83. The van der Waals surface area contributed by atoms with Gasteiger partial charge >= 0.3 is 0 Å². The highest BCUT2D eigenvalue weighted by Gasteiger charge is 2.30. The van der Waals surface area contributed by atoms with Crippen LogP contribution in [0, 0.1) is 6.92 Å². The van der Waals surface area contributed by atoms with Crippen molar-refractivity contribution in [2.45, 2.75) is 46.3 Å². The highest BCUT2D eigenvalue weighted by molar-refractivity contribution is 7.92. The van der Waals surface area contributed by atoms with Crippen LogP contribution in [0.3, 0.4) is 0 Å². The van der Waals surface area contributed by atoms with Crippen LogP contribution in [0.15, 0.2) is 48.5 Å². The molecule has 2 amide bonds. The van der Waals surface area contributed by atoms with E-state index in [2.05, 4.69) is 5.32 Å². The molecule has 174 valence electrons. The summed E-state index contributed by atoms with van der Waals surface area (Å²) in [5.74, 6) is -0.795. The van der Waals surface area contributed by atoms with Crippen molar-refractivity contribution >= 4 is 39.1 Å². The Hall–Kier alpha value is -2.58. The van der Waals surface area contributed by atoms with Crippen LogP contribution < -0.4 is 9.62 Å². The molecule has 0 saturated carbocycles. The van der Waals surface area contributed by atoms with E-state index in [1.807, 2.05) is 45.0 Å². The standard InChI is InChI=1S/C23H30ClN3O4S/c1-16(2)25-23(29)18(4)26(14-19-8-6-7-17(3)13-19)22(28)15-27(32(5,30)31)21-11-9-20(24)10-12-21/h6-13,16,18H,14-15H2,1-5H3,(H,25,29)/t18-/m0/s1. The minimum atomic E-state index is -3.76. The smallest absolute Gasteiger partial charge is 0.244 e. The van der Waals surface area contributed by atoms with E-state index in [-0.39, 0.29) is 18.5 Å². The van der Waals surface area contributed by atoms with Gasteiger partial charge in [-0.05, 0) is 57.5 Å². The molecule has 0 heterocycles. The molecule has 1 N–H and O–H groups in total. The second-order valence-electron chi connectivity index (χ2n) is 8.10. The lowest BCUT2D eigenvalue weighted by Crippen LogP contribution is -2.52. The zero-order valence-corrected chi connectivity index (χ0v) is 20.6. The molecule has 0 aliphatic carbocycles. The number of hydrogen-bond donors (Lipinski definition) is 1. The lowest BCUT2D eigenvalue weighted by Gasteiger charge is -2.32. The van der Waals surface area contributed by atoms with Crippen molar-refractivity contribution in [2.24, 2.45) is 0 Å². The average Bonchev–Trinajstić information content (AvgIpc) is 2.69. The van der Waals surface area contributed by atoms with E-state index in [1.54, 1.807) is 19.1 Å². The molecule has 0 radical (unpaired) electrons. The Morgan fingerprint density at radius 2 is 1.69 bits per heavy atom. The molecule has 0 unspecified atom stereocenters. The first-order valence-electron chi connectivity index (χ1n) is 10.3. The summed E-state index contributed by atoms with van der Waals surface area (Å²) in [5, 5.41) is 3.27. The number of carbonyl (C=O) groups excluding carboxylic acids is 2. The highest BCUT2D eigenvalue weighted by atomic mass is 35.5. The Morgan fingerprint density at radius 1 is 1.06 bits per heavy atom. The summed E-state index contributed by atoms with van der Waals surface area (Å²) in [6.07, 6.45) is 1.04. The van der Waals surface area contributed by atoms with Crippen LogP contribution in [0.4, 0.5) is 5.69 Å².